The number of benzene rings is 1. The summed E-state index contributed by atoms with van der Waals surface area (Å²) >= 11 is 1.22. The zero-order chi connectivity index (χ0) is 21.1. The Balaban J connectivity index is 2.08. The first-order valence-electron chi connectivity index (χ1n) is 9.18. The van der Waals surface area contributed by atoms with Gasteiger partial charge in [-0.3, -0.25) is 14.5 Å². The van der Waals surface area contributed by atoms with Crippen LogP contribution in [-0.2, 0) is 4.79 Å². The number of ether oxygens (including phenoxy) is 2. The van der Waals surface area contributed by atoms with E-state index in [1.165, 1.54) is 30.5 Å². The second-order valence-corrected chi connectivity index (χ2v) is 7.72. The van der Waals surface area contributed by atoms with E-state index < -0.39 is 6.04 Å². The van der Waals surface area contributed by atoms with Crippen molar-refractivity contribution in [2.75, 3.05) is 25.7 Å². The number of likely N-dealkylation sites (tertiary alicyclic amines) is 1. The Kier molecular flexibility index (Phi) is 6.09. The predicted octanol–water partition coefficient (Wildman–Crippen LogP) is 2.80. The number of hydrogen-bond acceptors (Lipinski definition) is 6. The maximum atomic E-state index is 13.4. The molecule has 7 nitrogen and oxygen atoms in total. The molecule has 0 bridgehead atoms. The van der Waals surface area contributed by atoms with E-state index in [2.05, 4.69) is 10.9 Å². The van der Waals surface area contributed by atoms with E-state index in [0.29, 0.717) is 35.2 Å². The van der Waals surface area contributed by atoms with Crippen LogP contribution in [0.1, 0.15) is 35.8 Å². The zero-order valence-corrected chi connectivity index (χ0v) is 17.7. The van der Waals surface area contributed by atoms with E-state index in [9.17, 15) is 9.59 Å². The number of carbonyl (C=O) groups is 2. The molecule has 3 rings (SSSR count). The average Bonchev–Trinajstić information content (AvgIpc) is 3.35. The fourth-order valence-corrected chi connectivity index (χ4v) is 3.97. The number of carbonyl (C=O) groups excluding carboxylic acids is 2. The number of anilines is 1. The summed E-state index contributed by atoms with van der Waals surface area (Å²) in [5.41, 5.74) is 0.714. The van der Waals surface area contributed by atoms with Crippen molar-refractivity contribution >= 4 is 28.8 Å². The lowest BCUT2D eigenvalue weighted by Gasteiger charge is -2.29. The lowest BCUT2D eigenvalue weighted by molar-refractivity contribution is -0.130. The van der Waals surface area contributed by atoms with Gasteiger partial charge >= 0.3 is 0 Å². The second-order valence-electron chi connectivity index (χ2n) is 6.86. The van der Waals surface area contributed by atoms with Crippen LogP contribution in [0.2, 0.25) is 0 Å². The molecule has 0 radical (unpaired) electrons. The highest BCUT2D eigenvalue weighted by atomic mass is 32.1. The van der Waals surface area contributed by atoms with Gasteiger partial charge < -0.3 is 14.4 Å². The third-order valence-electron chi connectivity index (χ3n) is 4.83. The Bertz CT molecular complexity index is 941. The summed E-state index contributed by atoms with van der Waals surface area (Å²) in [4.78, 5) is 34.0. The molecule has 1 fully saturated rings. The monoisotopic (exact) mass is 413 g/mol. The van der Waals surface area contributed by atoms with Crippen molar-refractivity contribution < 1.29 is 19.1 Å². The van der Waals surface area contributed by atoms with Crippen molar-refractivity contribution in [1.29, 1.82) is 0 Å². The van der Waals surface area contributed by atoms with Gasteiger partial charge in [-0.1, -0.05) is 0 Å². The molecule has 1 aromatic carbocycles. The molecule has 8 heteroatoms. The molecular weight excluding hydrogens is 390 g/mol. The number of nitrogens with zero attached hydrogens (tertiary/aromatic N) is 3. The summed E-state index contributed by atoms with van der Waals surface area (Å²) in [5.74, 6) is 3.00. The highest BCUT2D eigenvalue weighted by Gasteiger charge is 2.41. The summed E-state index contributed by atoms with van der Waals surface area (Å²) in [7, 11) is 3.07. The van der Waals surface area contributed by atoms with Crippen LogP contribution in [-0.4, -0.2) is 54.5 Å². The Morgan fingerprint density at radius 3 is 2.45 bits per heavy atom. The molecule has 29 heavy (non-hydrogen) atoms. The van der Waals surface area contributed by atoms with Crippen LogP contribution in [0.3, 0.4) is 0 Å². The summed E-state index contributed by atoms with van der Waals surface area (Å²) in [6, 6.07) is 4.54. The lowest BCUT2D eigenvalue weighted by atomic mass is 10.1. The van der Waals surface area contributed by atoms with Gasteiger partial charge in [0.2, 0.25) is 5.91 Å². The highest BCUT2D eigenvalue weighted by molar-refractivity contribution is 7.10. The van der Waals surface area contributed by atoms with Crippen LogP contribution in [0.4, 0.5) is 5.69 Å². The first-order valence-corrected chi connectivity index (χ1v) is 10.1. The van der Waals surface area contributed by atoms with E-state index in [1.807, 2.05) is 13.8 Å². The van der Waals surface area contributed by atoms with Crippen LogP contribution >= 0.6 is 11.3 Å². The first-order chi connectivity index (χ1) is 13.9. The van der Waals surface area contributed by atoms with E-state index in [4.69, 9.17) is 15.9 Å². The molecule has 2 amide bonds. The fraction of sp³-hybridized carbons (Fsp3) is 0.381. The molecule has 1 unspecified atom stereocenters. The molecule has 1 atom stereocenters. The van der Waals surface area contributed by atoms with Gasteiger partial charge in [-0.2, -0.15) is 0 Å². The van der Waals surface area contributed by atoms with E-state index in [1.54, 1.807) is 28.5 Å². The number of terminal acetylenes is 1. The summed E-state index contributed by atoms with van der Waals surface area (Å²) in [6.07, 6.45) is 5.92. The summed E-state index contributed by atoms with van der Waals surface area (Å²) < 4.78 is 10.7. The van der Waals surface area contributed by atoms with Gasteiger partial charge in [0.25, 0.3) is 5.91 Å². The second kappa shape index (κ2) is 8.53. The van der Waals surface area contributed by atoms with Crippen molar-refractivity contribution in [2.45, 2.75) is 32.4 Å². The van der Waals surface area contributed by atoms with Crippen molar-refractivity contribution in [3.63, 3.8) is 0 Å². The first kappa shape index (κ1) is 20.7. The van der Waals surface area contributed by atoms with Gasteiger partial charge in [0.05, 0.1) is 19.9 Å². The quantitative estimate of drug-likeness (QED) is 0.681. The SMILES string of the molecule is C#Cc1nc(C(=O)N(c2cc(OC)cc(OC)c2)C2CCN(C(C)C)C2=O)cs1. The minimum atomic E-state index is -0.641. The van der Waals surface area contributed by atoms with E-state index in [-0.39, 0.29) is 23.6 Å². The molecule has 1 aliphatic heterocycles. The van der Waals surface area contributed by atoms with Gasteiger partial charge in [0.1, 0.15) is 23.2 Å². The van der Waals surface area contributed by atoms with Gasteiger partial charge in [-0.25, -0.2) is 4.98 Å². The molecule has 1 aromatic heterocycles. The summed E-state index contributed by atoms with van der Waals surface area (Å²) in [6.45, 7) is 4.50. The Labute approximate surface area is 174 Å². The standard InChI is InChI=1S/C21H23N3O4S/c1-6-19-22-17(12-29-19)20(25)24(18-7-8-23(13(2)3)21(18)26)14-9-15(27-4)11-16(10-14)28-5/h1,9-13,18H,7-8H2,2-5H3. The van der Waals surface area contributed by atoms with Gasteiger partial charge in [0, 0.05) is 36.2 Å². The fourth-order valence-electron chi connectivity index (χ4n) is 3.37. The smallest absolute Gasteiger partial charge is 0.278 e. The summed E-state index contributed by atoms with van der Waals surface area (Å²) in [5, 5.41) is 2.03. The third kappa shape index (κ3) is 4.05. The van der Waals surface area contributed by atoms with Gasteiger partial charge in [0.15, 0.2) is 5.01 Å². The molecule has 2 aromatic rings. The van der Waals surface area contributed by atoms with Crippen molar-refractivity contribution in [2.24, 2.45) is 0 Å². The van der Waals surface area contributed by atoms with Crippen molar-refractivity contribution in [1.82, 2.24) is 9.88 Å². The van der Waals surface area contributed by atoms with Crippen LogP contribution in [0.15, 0.2) is 23.6 Å². The number of thiazole rings is 1. The average molecular weight is 413 g/mol. The Morgan fingerprint density at radius 2 is 1.97 bits per heavy atom. The molecule has 1 aliphatic rings. The van der Waals surface area contributed by atoms with Gasteiger partial charge in [-0.15, -0.1) is 17.8 Å². The Hall–Kier alpha value is -3.05. The normalized spacial score (nSPS) is 16.1. The number of amides is 2. The van der Waals surface area contributed by atoms with Crippen LogP contribution in [0, 0.1) is 12.3 Å². The minimum absolute atomic E-state index is 0.0524. The zero-order valence-electron chi connectivity index (χ0n) is 16.8. The largest absolute Gasteiger partial charge is 0.497 e. The van der Waals surface area contributed by atoms with Gasteiger partial charge in [-0.05, 0) is 26.2 Å². The maximum absolute atomic E-state index is 13.4. The molecule has 0 spiro atoms. The van der Waals surface area contributed by atoms with Crippen molar-refractivity contribution in [3.8, 4) is 23.8 Å². The van der Waals surface area contributed by atoms with E-state index >= 15 is 0 Å². The van der Waals surface area contributed by atoms with Crippen LogP contribution < -0.4 is 14.4 Å². The van der Waals surface area contributed by atoms with Crippen molar-refractivity contribution in [3.05, 3.63) is 34.3 Å². The number of methoxy groups -OCH3 is 2. The third-order valence-corrected chi connectivity index (χ3v) is 5.60. The molecule has 2 heterocycles. The highest BCUT2D eigenvalue weighted by Crippen LogP contribution is 2.33. The van der Waals surface area contributed by atoms with Crippen LogP contribution in [0.5, 0.6) is 11.5 Å². The molecule has 0 aliphatic carbocycles. The number of rotatable bonds is 6. The number of aromatic nitrogens is 1. The predicted molar refractivity (Wildman–Crippen MR) is 112 cm³/mol. The Morgan fingerprint density at radius 1 is 1.31 bits per heavy atom. The molecule has 1 saturated heterocycles. The molecule has 0 N–H and O–H groups in total. The van der Waals surface area contributed by atoms with E-state index in [0.717, 1.165) is 0 Å². The molecule has 152 valence electrons. The van der Waals surface area contributed by atoms with Crippen LogP contribution in [0.25, 0.3) is 0 Å². The molecule has 0 saturated carbocycles. The molecular formula is C21H23N3O4S. The minimum Gasteiger partial charge on any atom is -0.497 e. The topological polar surface area (TPSA) is 72.0 Å². The number of hydrogen-bond donors (Lipinski definition) is 0. The maximum Gasteiger partial charge on any atom is 0.278 e. The lowest BCUT2D eigenvalue weighted by Crippen LogP contribution is -2.47.